The van der Waals surface area contributed by atoms with Crippen molar-refractivity contribution in [1.29, 1.82) is 0 Å². The average molecular weight is 330 g/mol. The molecule has 0 radical (unpaired) electrons. The molecule has 0 saturated carbocycles. The highest BCUT2D eigenvalue weighted by Gasteiger charge is 2.50. The third kappa shape index (κ3) is 2.84. The van der Waals surface area contributed by atoms with Gasteiger partial charge < -0.3 is 14.6 Å². The van der Waals surface area contributed by atoms with Gasteiger partial charge in [-0.3, -0.25) is 0 Å². The number of nitrogens with zero attached hydrogens (tertiary/aromatic N) is 3. The Kier molecular flexibility index (Phi) is 4.25. The second-order valence-corrected chi connectivity index (χ2v) is 6.02. The van der Waals surface area contributed by atoms with Crippen LogP contribution in [0, 0.1) is 0 Å². The predicted octanol–water partition coefficient (Wildman–Crippen LogP) is 1.46. The molecule has 1 aromatic heterocycles. The van der Waals surface area contributed by atoms with Gasteiger partial charge in [-0.15, -0.1) is 0 Å². The number of ether oxygens (including phenoxy) is 2. The normalized spacial score (nSPS) is 20.5. The summed E-state index contributed by atoms with van der Waals surface area (Å²) in [7, 11) is 1.15. The Labute approximate surface area is 132 Å². The summed E-state index contributed by atoms with van der Waals surface area (Å²) in [5, 5.41) is 10.3. The molecule has 1 amide bonds. The first-order chi connectivity index (χ1) is 10.2. The van der Waals surface area contributed by atoms with Gasteiger partial charge in [-0.25, -0.2) is 24.5 Å². The molecular weight excluding hydrogens is 314 g/mol. The molecule has 0 fully saturated rings. The van der Waals surface area contributed by atoms with Crippen LogP contribution in [0.15, 0.2) is 6.33 Å². The Morgan fingerprint density at radius 2 is 2.00 bits per heavy atom. The van der Waals surface area contributed by atoms with Crippen molar-refractivity contribution in [3.8, 4) is 0 Å². The van der Waals surface area contributed by atoms with Gasteiger partial charge in [0.25, 0.3) is 0 Å². The number of carbonyl (C=O) groups excluding carboxylic acids is 2. The van der Waals surface area contributed by atoms with Gasteiger partial charge >= 0.3 is 12.1 Å². The molecule has 0 aromatic carbocycles. The van der Waals surface area contributed by atoms with Crippen molar-refractivity contribution in [2.24, 2.45) is 0 Å². The van der Waals surface area contributed by atoms with E-state index < -0.39 is 29.8 Å². The molecule has 0 spiro atoms. The predicted molar refractivity (Wildman–Crippen MR) is 76.5 cm³/mol. The largest absolute Gasteiger partial charge is 0.467 e. The van der Waals surface area contributed by atoms with Gasteiger partial charge in [-0.05, 0) is 20.8 Å². The lowest BCUT2D eigenvalue weighted by atomic mass is 10.1. The highest BCUT2D eigenvalue weighted by atomic mass is 35.5. The minimum Gasteiger partial charge on any atom is -0.467 e. The fourth-order valence-corrected chi connectivity index (χ4v) is 2.35. The van der Waals surface area contributed by atoms with Gasteiger partial charge in [-0.2, -0.15) is 0 Å². The number of anilines is 1. The summed E-state index contributed by atoms with van der Waals surface area (Å²) in [4.78, 5) is 33.0. The van der Waals surface area contributed by atoms with Crippen LogP contribution in [0.25, 0.3) is 0 Å². The number of carbonyl (C=O) groups is 2. The fourth-order valence-electron chi connectivity index (χ4n) is 2.11. The maximum Gasteiger partial charge on any atom is 0.416 e. The van der Waals surface area contributed by atoms with E-state index >= 15 is 0 Å². The molecule has 0 aliphatic carbocycles. The van der Waals surface area contributed by atoms with Gasteiger partial charge in [0.2, 0.25) is 0 Å². The number of esters is 1. The molecule has 1 aromatic rings. The number of methoxy groups -OCH3 is 1. The summed E-state index contributed by atoms with van der Waals surface area (Å²) in [5.74, 6) is -0.787. The first-order valence-electron chi connectivity index (χ1n) is 6.46. The van der Waals surface area contributed by atoms with Crippen LogP contribution < -0.4 is 4.90 Å². The van der Waals surface area contributed by atoms with Crippen LogP contribution in [0.3, 0.4) is 0 Å². The summed E-state index contributed by atoms with van der Waals surface area (Å²) in [6.07, 6.45) is -1.11. The number of aromatic nitrogens is 2. The molecule has 1 N–H and O–H groups in total. The lowest BCUT2D eigenvalue weighted by Crippen LogP contribution is -2.47. The van der Waals surface area contributed by atoms with Gasteiger partial charge in [0.05, 0.1) is 12.7 Å². The van der Waals surface area contributed by atoms with Crippen LogP contribution in [0.4, 0.5) is 10.6 Å². The number of hydrogen-bond acceptors (Lipinski definition) is 7. The minimum absolute atomic E-state index is 0.0251. The standard InChI is InChI=1S/C13H16ClN3O5/c1-13(2,3)22-12(20)17-7(11(19)21-4)8(18)6-9(14)15-5-16-10(6)17/h5,7-8,18H,1-4H3. The Balaban J connectivity index is 2.50. The van der Waals surface area contributed by atoms with E-state index in [0.717, 1.165) is 18.3 Å². The van der Waals surface area contributed by atoms with Gasteiger partial charge in [-0.1, -0.05) is 11.6 Å². The van der Waals surface area contributed by atoms with Crippen molar-refractivity contribution in [3.05, 3.63) is 17.0 Å². The SMILES string of the molecule is COC(=O)C1C(O)c2c(Cl)ncnc2N1C(=O)OC(C)(C)C. The third-order valence-electron chi connectivity index (χ3n) is 2.95. The van der Waals surface area contributed by atoms with E-state index in [4.69, 9.17) is 16.3 Å². The number of rotatable bonds is 1. The Hall–Kier alpha value is -1.93. The maximum absolute atomic E-state index is 12.4. The zero-order valence-electron chi connectivity index (χ0n) is 12.5. The van der Waals surface area contributed by atoms with E-state index in [2.05, 4.69) is 14.7 Å². The zero-order valence-corrected chi connectivity index (χ0v) is 13.3. The zero-order chi connectivity index (χ0) is 16.7. The molecule has 1 aliphatic heterocycles. The highest BCUT2D eigenvalue weighted by molar-refractivity contribution is 6.30. The Bertz CT molecular complexity index is 616. The second-order valence-electron chi connectivity index (χ2n) is 5.66. The summed E-state index contributed by atoms with van der Waals surface area (Å²) in [5.41, 5.74) is -0.701. The summed E-state index contributed by atoms with van der Waals surface area (Å²) < 4.78 is 9.90. The van der Waals surface area contributed by atoms with E-state index in [0.29, 0.717) is 0 Å². The molecule has 0 bridgehead atoms. The molecular formula is C13H16ClN3O5. The van der Waals surface area contributed by atoms with Crippen LogP contribution in [-0.4, -0.2) is 45.9 Å². The van der Waals surface area contributed by atoms with Crippen LogP contribution in [0.1, 0.15) is 32.4 Å². The molecule has 8 nitrogen and oxygen atoms in total. The van der Waals surface area contributed by atoms with E-state index in [1.54, 1.807) is 20.8 Å². The first kappa shape index (κ1) is 16.4. The van der Waals surface area contributed by atoms with Crippen molar-refractivity contribution in [3.63, 3.8) is 0 Å². The van der Waals surface area contributed by atoms with Gasteiger partial charge in [0.15, 0.2) is 6.04 Å². The summed E-state index contributed by atoms with van der Waals surface area (Å²) >= 11 is 5.94. The molecule has 9 heteroatoms. The summed E-state index contributed by atoms with van der Waals surface area (Å²) in [6, 6.07) is -1.33. The summed E-state index contributed by atoms with van der Waals surface area (Å²) in [6.45, 7) is 5.04. The van der Waals surface area contributed by atoms with Crippen molar-refractivity contribution >= 4 is 29.5 Å². The Morgan fingerprint density at radius 3 is 2.55 bits per heavy atom. The van der Waals surface area contributed by atoms with E-state index in [1.807, 2.05) is 0 Å². The smallest absolute Gasteiger partial charge is 0.416 e. The van der Waals surface area contributed by atoms with Gasteiger partial charge in [0, 0.05) is 0 Å². The third-order valence-corrected chi connectivity index (χ3v) is 3.25. The number of aliphatic hydroxyl groups is 1. The maximum atomic E-state index is 12.4. The molecule has 120 valence electrons. The van der Waals surface area contributed by atoms with Crippen molar-refractivity contribution in [1.82, 2.24) is 9.97 Å². The van der Waals surface area contributed by atoms with Gasteiger partial charge in [0.1, 0.15) is 29.0 Å². The number of fused-ring (bicyclic) bond motifs is 1. The van der Waals surface area contributed by atoms with Crippen molar-refractivity contribution in [2.45, 2.75) is 38.5 Å². The molecule has 0 saturated heterocycles. The Morgan fingerprint density at radius 1 is 1.36 bits per heavy atom. The molecule has 2 heterocycles. The molecule has 2 unspecified atom stereocenters. The van der Waals surface area contributed by atoms with E-state index in [-0.39, 0.29) is 16.5 Å². The van der Waals surface area contributed by atoms with Crippen LogP contribution >= 0.6 is 11.6 Å². The quantitative estimate of drug-likeness (QED) is 0.614. The van der Waals surface area contributed by atoms with E-state index in [9.17, 15) is 14.7 Å². The number of amides is 1. The molecule has 2 rings (SSSR count). The molecule has 1 aliphatic rings. The monoisotopic (exact) mass is 329 g/mol. The molecule has 2 atom stereocenters. The fraction of sp³-hybridized carbons (Fsp3) is 0.538. The lowest BCUT2D eigenvalue weighted by Gasteiger charge is -2.27. The van der Waals surface area contributed by atoms with Crippen molar-refractivity contribution in [2.75, 3.05) is 12.0 Å². The number of halogens is 1. The van der Waals surface area contributed by atoms with Crippen molar-refractivity contribution < 1.29 is 24.2 Å². The van der Waals surface area contributed by atoms with Crippen LogP contribution in [0.2, 0.25) is 5.15 Å². The second kappa shape index (κ2) is 5.69. The first-order valence-corrected chi connectivity index (χ1v) is 6.83. The minimum atomic E-state index is -1.40. The van der Waals surface area contributed by atoms with Crippen LogP contribution in [0.5, 0.6) is 0 Å². The molecule has 22 heavy (non-hydrogen) atoms. The number of hydrogen-bond donors (Lipinski definition) is 1. The highest BCUT2D eigenvalue weighted by Crippen LogP contribution is 2.42. The number of aliphatic hydroxyl groups excluding tert-OH is 1. The van der Waals surface area contributed by atoms with E-state index in [1.165, 1.54) is 0 Å². The van der Waals surface area contributed by atoms with Crippen LogP contribution in [-0.2, 0) is 14.3 Å². The topological polar surface area (TPSA) is 102 Å². The average Bonchev–Trinajstić information content (AvgIpc) is 2.70. The lowest BCUT2D eigenvalue weighted by molar-refractivity contribution is -0.144.